The lowest BCUT2D eigenvalue weighted by atomic mass is 10.5. The highest BCUT2D eigenvalue weighted by atomic mass is 79.9. The van der Waals surface area contributed by atoms with E-state index in [1.165, 1.54) is 0 Å². The van der Waals surface area contributed by atoms with Crippen molar-refractivity contribution in [3.8, 4) is 0 Å². The zero-order valence-corrected chi connectivity index (χ0v) is 7.84. The number of carbonyl (C=O) groups is 1. The Morgan fingerprint density at radius 3 is 2.36 bits per heavy atom. The molecule has 0 aromatic rings. The van der Waals surface area contributed by atoms with Crippen molar-refractivity contribution in [1.82, 2.24) is 5.32 Å². The van der Waals surface area contributed by atoms with Gasteiger partial charge in [-0.05, 0) is 0 Å². The number of nitrogens with one attached hydrogen (secondary N) is 1. The number of amides is 1. The second-order valence-corrected chi connectivity index (χ2v) is 2.54. The summed E-state index contributed by atoms with van der Waals surface area (Å²) >= 11 is 1.89. The molecule has 0 radical (unpaired) electrons. The van der Waals surface area contributed by atoms with Gasteiger partial charge in [-0.1, -0.05) is 0 Å². The number of carbonyl (C=O) groups excluding carboxylic acids is 1. The molecule has 11 heavy (non-hydrogen) atoms. The van der Waals surface area contributed by atoms with Gasteiger partial charge in [0.05, 0.1) is 0 Å². The van der Waals surface area contributed by atoms with Gasteiger partial charge in [-0.2, -0.15) is 8.78 Å². The van der Waals surface area contributed by atoms with Gasteiger partial charge in [-0.15, -0.1) is 12.4 Å². The fraction of sp³-hybridized carbons (Fsp3) is 0.750. The van der Waals surface area contributed by atoms with Crippen molar-refractivity contribution in [1.29, 1.82) is 0 Å². The normalized spacial score (nSPS) is 10.2. The maximum absolute atomic E-state index is 11.9. The third kappa shape index (κ3) is 6.46. The second-order valence-electron chi connectivity index (χ2n) is 1.54. The molecule has 0 aromatic heterocycles. The topological polar surface area (TPSA) is 55.1 Å². The third-order valence-corrected chi connectivity index (χ3v) is 1.05. The molecule has 68 valence electrons. The highest BCUT2D eigenvalue weighted by molar-refractivity contribution is 9.10. The second kappa shape index (κ2) is 5.68. The molecule has 0 heterocycles. The first-order valence-corrected chi connectivity index (χ1v) is 3.33. The van der Waals surface area contributed by atoms with Crippen LogP contribution in [0.2, 0.25) is 0 Å². The van der Waals surface area contributed by atoms with Gasteiger partial charge in [0.2, 0.25) is 0 Å². The van der Waals surface area contributed by atoms with Crippen LogP contribution in [0, 0.1) is 0 Å². The van der Waals surface area contributed by atoms with Gasteiger partial charge in [0.25, 0.3) is 0 Å². The molecule has 0 aliphatic heterocycles. The Balaban J connectivity index is 0. The van der Waals surface area contributed by atoms with Crippen molar-refractivity contribution in [2.75, 3.05) is 13.1 Å². The van der Waals surface area contributed by atoms with Crippen LogP contribution in [0.1, 0.15) is 0 Å². The third-order valence-electron chi connectivity index (χ3n) is 0.687. The van der Waals surface area contributed by atoms with Gasteiger partial charge in [-0.25, -0.2) is 0 Å². The summed E-state index contributed by atoms with van der Waals surface area (Å²) in [6.07, 6.45) is 0. The Kier molecular flexibility index (Phi) is 7.04. The van der Waals surface area contributed by atoms with Crippen molar-refractivity contribution in [2.45, 2.75) is 4.83 Å². The molecule has 0 rings (SSSR count). The largest absolute Gasteiger partial charge is 0.377 e. The van der Waals surface area contributed by atoms with E-state index in [-0.39, 0.29) is 25.5 Å². The quantitative estimate of drug-likeness (QED) is 0.719. The van der Waals surface area contributed by atoms with Crippen LogP contribution in [0.4, 0.5) is 8.78 Å². The number of alkyl halides is 3. The van der Waals surface area contributed by atoms with E-state index >= 15 is 0 Å². The number of rotatable bonds is 3. The average Bonchev–Trinajstić information content (AvgIpc) is 1.80. The average molecular weight is 253 g/mol. The van der Waals surface area contributed by atoms with Crippen LogP contribution in [0.25, 0.3) is 0 Å². The first-order chi connectivity index (χ1) is 4.48. The monoisotopic (exact) mass is 252 g/mol. The van der Waals surface area contributed by atoms with E-state index < -0.39 is 10.7 Å². The summed E-state index contributed by atoms with van der Waals surface area (Å²) in [6.45, 7) is 0.203. The molecule has 0 aliphatic rings. The number of hydrogen-bond acceptors (Lipinski definition) is 2. The number of halogens is 4. The predicted molar refractivity (Wildman–Crippen MR) is 43.2 cm³/mol. The number of nitrogens with two attached hydrogens (primary N) is 1. The highest BCUT2D eigenvalue weighted by Crippen LogP contribution is 2.20. The molecule has 3 N–H and O–H groups in total. The minimum absolute atomic E-state index is 0. The molecule has 3 nitrogen and oxygen atoms in total. The van der Waals surface area contributed by atoms with Crippen molar-refractivity contribution in [3.05, 3.63) is 0 Å². The minimum Gasteiger partial charge on any atom is -0.349 e. The van der Waals surface area contributed by atoms with Gasteiger partial charge in [0, 0.05) is 29.0 Å². The summed E-state index contributed by atoms with van der Waals surface area (Å²) in [7, 11) is 0. The zero-order chi connectivity index (χ0) is 8.20. The molecule has 0 atom stereocenters. The van der Waals surface area contributed by atoms with Crippen molar-refractivity contribution in [3.63, 3.8) is 0 Å². The molecule has 0 fully saturated rings. The highest BCUT2D eigenvalue weighted by Gasteiger charge is 2.34. The fourth-order valence-corrected chi connectivity index (χ4v) is 0.426. The molecule has 0 saturated heterocycles. The summed E-state index contributed by atoms with van der Waals surface area (Å²) in [4.78, 5) is 6.78. The lowest BCUT2D eigenvalue weighted by molar-refractivity contribution is -0.134. The van der Waals surface area contributed by atoms with Gasteiger partial charge in [0.15, 0.2) is 0 Å². The van der Waals surface area contributed by atoms with Crippen LogP contribution in [-0.2, 0) is 4.79 Å². The summed E-state index contributed by atoms with van der Waals surface area (Å²) in [6, 6.07) is 0. The smallest absolute Gasteiger partial charge is 0.349 e. The van der Waals surface area contributed by atoms with E-state index in [0.29, 0.717) is 0 Å². The predicted octanol–water partition coefficient (Wildman–Crippen LogP) is 0.471. The maximum atomic E-state index is 11.9. The van der Waals surface area contributed by atoms with Crippen molar-refractivity contribution < 1.29 is 13.6 Å². The van der Waals surface area contributed by atoms with Crippen LogP contribution in [-0.4, -0.2) is 23.8 Å². The van der Waals surface area contributed by atoms with Crippen LogP contribution >= 0.6 is 28.3 Å². The zero-order valence-electron chi connectivity index (χ0n) is 5.44. The molecule has 0 spiro atoms. The molecule has 7 heteroatoms. The summed E-state index contributed by atoms with van der Waals surface area (Å²) in [5.41, 5.74) is 4.95. The molecule has 0 bridgehead atoms. The van der Waals surface area contributed by atoms with E-state index in [2.05, 4.69) is 0 Å². The van der Waals surface area contributed by atoms with Crippen LogP contribution in [0.3, 0.4) is 0 Å². The molecule has 0 unspecified atom stereocenters. The van der Waals surface area contributed by atoms with Crippen LogP contribution in [0.5, 0.6) is 0 Å². The molecular formula is C4H8BrClF2N2O. The molecular weight excluding hydrogens is 245 g/mol. The molecule has 0 saturated carbocycles. The van der Waals surface area contributed by atoms with Crippen LogP contribution in [0.15, 0.2) is 0 Å². The molecule has 0 aliphatic carbocycles. The van der Waals surface area contributed by atoms with Gasteiger partial charge in [0.1, 0.15) is 0 Å². The van der Waals surface area contributed by atoms with E-state index in [4.69, 9.17) is 5.73 Å². The van der Waals surface area contributed by atoms with Crippen molar-refractivity contribution >= 4 is 34.2 Å². The first kappa shape index (κ1) is 13.6. The molecule has 1 amide bonds. The van der Waals surface area contributed by atoms with Gasteiger partial charge >= 0.3 is 10.7 Å². The van der Waals surface area contributed by atoms with Crippen molar-refractivity contribution in [2.24, 2.45) is 5.73 Å². The van der Waals surface area contributed by atoms with Gasteiger partial charge in [-0.3, -0.25) is 4.79 Å². The Morgan fingerprint density at radius 1 is 1.64 bits per heavy atom. The Morgan fingerprint density at radius 2 is 2.09 bits per heavy atom. The lowest BCUT2D eigenvalue weighted by Crippen LogP contribution is -2.38. The number of hydrogen-bond donors (Lipinski definition) is 2. The van der Waals surface area contributed by atoms with E-state index in [1.54, 1.807) is 0 Å². The standard InChI is InChI=1S/C4H7BrF2N2O.ClH/c5-4(6,7)3(10)9-2-1-8;/h1-2,8H2,(H,9,10);1H. The summed E-state index contributed by atoms with van der Waals surface area (Å²) < 4.78 is 23.8. The maximum Gasteiger partial charge on any atom is 0.377 e. The minimum atomic E-state index is -3.48. The summed E-state index contributed by atoms with van der Waals surface area (Å²) in [5.74, 6) is -1.36. The van der Waals surface area contributed by atoms with Gasteiger partial charge < -0.3 is 11.1 Å². The van der Waals surface area contributed by atoms with E-state index in [1.807, 2.05) is 21.2 Å². The Labute approximate surface area is 77.2 Å². The van der Waals surface area contributed by atoms with E-state index in [9.17, 15) is 13.6 Å². The Hall–Kier alpha value is 0.0600. The van der Waals surface area contributed by atoms with Crippen LogP contribution < -0.4 is 11.1 Å². The SMILES string of the molecule is Cl.NCCNC(=O)C(F)(F)Br. The first-order valence-electron chi connectivity index (χ1n) is 2.53. The van der Waals surface area contributed by atoms with E-state index in [0.717, 1.165) is 0 Å². The Bertz CT molecular complexity index is 130. The summed E-state index contributed by atoms with van der Waals surface area (Å²) in [5, 5.41) is 1.91. The molecule has 0 aromatic carbocycles. The lowest BCUT2D eigenvalue weighted by Gasteiger charge is -2.07. The fourth-order valence-electron chi connectivity index (χ4n) is 0.286.